The van der Waals surface area contributed by atoms with Crippen molar-refractivity contribution in [3.63, 3.8) is 0 Å². The first-order valence-electron chi connectivity index (χ1n) is 6.45. The standard InChI is InChI=1S/C14H13N3O2/c1-2-6-12-9(4-1)10(8-18-12)13-16-14(19-17-13)11-5-3-7-15-11/h1-2,4,6,8,11,15H,3,5,7H2. The van der Waals surface area contributed by atoms with Crippen molar-refractivity contribution in [3.05, 3.63) is 36.4 Å². The number of furan rings is 1. The molecule has 5 heteroatoms. The Morgan fingerprint density at radius 1 is 1.26 bits per heavy atom. The van der Waals surface area contributed by atoms with E-state index >= 15 is 0 Å². The van der Waals surface area contributed by atoms with Crippen LogP contribution in [0.25, 0.3) is 22.4 Å². The van der Waals surface area contributed by atoms with E-state index in [2.05, 4.69) is 15.5 Å². The fourth-order valence-electron chi connectivity index (χ4n) is 2.53. The second-order valence-electron chi connectivity index (χ2n) is 4.75. The first-order valence-corrected chi connectivity index (χ1v) is 6.45. The van der Waals surface area contributed by atoms with Crippen LogP contribution in [0, 0.1) is 0 Å². The minimum absolute atomic E-state index is 0.194. The van der Waals surface area contributed by atoms with Crippen molar-refractivity contribution in [3.8, 4) is 11.4 Å². The molecular weight excluding hydrogens is 242 g/mol. The van der Waals surface area contributed by atoms with E-state index in [1.165, 1.54) is 0 Å². The van der Waals surface area contributed by atoms with Crippen LogP contribution in [0.5, 0.6) is 0 Å². The maximum Gasteiger partial charge on any atom is 0.244 e. The lowest BCUT2D eigenvalue weighted by molar-refractivity contribution is 0.345. The summed E-state index contributed by atoms with van der Waals surface area (Å²) in [6, 6.07) is 8.04. The van der Waals surface area contributed by atoms with Gasteiger partial charge in [0.05, 0.1) is 11.6 Å². The summed E-state index contributed by atoms with van der Waals surface area (Å²) in [6.45, 7) is 1.01. The largest absolute Gasteiger partial charge is 0.464 e. The van der Waals surface area contributed by atoms with Gasteiger partial charge in [-0.3, -0.25) is 0 Å². The van der Waals surface area contributed by atoms with Gasteiger partial charge in [-0.15, -0.1) is 0 Å². The quantitative estimate of drug-likeness (QED) is 0.762. The molecule has 1 aliphatic heterocycles. The molecule has 0 bridgehead atoms. The lowest BCUT2D eigenvalue weighted by atomic mass is 10.1. The first kappa shape index (κ1) is 10.8. The number of rotatable bonds is 2. The van der Waals surface area contributed by atoms with Crippen LogP contribution in [0.4, 0.5) is 0 Å². The topological polar surface area (TPSA) is 64.1 Å². The van der Waals surface area contributed by atoms with Gasteiger partial charge in [0.2, 0.25) is 11.7 Å². The van der Waals surface area contributed by atoms with Gasteiger partial charge in [-0.05, 0) is 25.5 Å². The summed E-state index contributed by atoms with van der Waals surface area (Å²) in [5.41, 5.74) is 1.71. The van der Waals surface area contributed by atoms with Crippen LogP contribution in [-0.4, -0.2) is 16.7 Å². The predicted octanol–water partition coefficient (Wildman–Crippen LogP) is 2.91. The maximum absolute atomic E-state index is 5.50. The lowest BCUT2D eigenvalue weighted by Crippen LogP contribution is -2.12. The van der Waals surface area contributed by atoms with Crippen LogP contribution in [0.2, 0.25) is 0 Å². The number of aromatic nitrogens is 2. The van der Waals surface area contributed by atoms with Crippen molar-refractivity contribution in [1.82, 2.24) is 15.5 Å². The number of hydrogen-bond acceptors (Lipinski definition) is 5. The Labute approximate surface area is 109 Å². The molecule has 4 rings (SSSR count). The molecule has 96 valence electrons. The van der Waals surface area contributed by atoms with Crippen molar-refractivity contribution < 1.29 is 8.94 Å². The summed E-state index contributed by atoms with van der Waals surface area (Å²) in [4.78, 5) is 4.48. The van der Waals surface area contributed by atoms with Crippen LogP contribution in [0.1, 0.15) is 24.8 Å². The van der Waals surface area contributed by atoms with Gasteiger partial charge >= 0.3 is 0 Å². The highest BCUT2D eigenvalue weighted by Crippen LogP contribution is 2.30. The molecule has 3 heterocycles. The maximum atomic E-state index is 5.50. The first-order chi connectivity index (χ1) is 9.42. The van der Waals surface area contributed by atoms with Gasteiger partial charge in [0.1, 0.15) is 11.8 Å². The summed E-state index contributed by atoms with van der Waals surface area (Å²) in [7, 11) is 0. The van der Waals surface area contributed by atoms with Crippen LogP contribution in [-0.2, 0) is 0 Å². The molecule has 1 unspecified atom stereocenters. The van der Waals surface area contributed by atoms with Crippen LogP contribution in [0.3, 0.4) is 0 Å². The van der Waals surface area contributed by atoms with Crippen molar-refractivity contribution in [2.24, 2.45) is 0 Å². The monoisotopic (exact) mass is 255 g/mol. The Hall–Kier alpha value is -2.14. The third kappa shape index (κ3) is 1.74. The number of nitrogens with one attached hydrogen (secondary N) is 1. The van der Waals surface area contributed by atoms with Crippen LogP contribution < -0.4 is 5.32 Å². The molecule has 0 aliphatic carbocycles. The van der Waals surface area contributed by atoms with E-state index in [0.29, 0.717) is 11.7 Å². The molecule has 5 nitrogen and oxygen atoms in total. The average Bonchev–Trinajstić information content (AvgIpc) is 3.18. The molecule has 1 aromatic carbocycles. The molecule has 0 radical (unpaired) electrons. The van der Waals surface area contributed by atoms with Crippen LogP contribution >= 0.6 is 0 Å². The van der Waals surface area contributed by atoms with Crippen molar-refractivity contribution in [1.29, 1.82) is 0 Å². The minimum atomic E-state index is 0.194. The van der Waals surface area contributed by atoms with Crippen LogP contribution in [0.15, 0.2) is 39.5 Å². The van der Waals surface area contributed by atoms with E-state index in [-0.39, 0.29) is 6.04 Å². The highest BCUT2D eigenvalue weighted by atomic mass is 16.5. The fraction of sp³-hybridized carbons (Fsp3) is 0.286. The molecule has 1 N–H and O–H groups in total. The van der Waals surface area contributed by atoms with E-state index in [1.807, 2.05) is 24.3 Å². The highest BCUT2D eigenvalue weighted by molar-refractivity contribution is 5.91. The van der Waals surface area contributed by atoms with Gasteiger partial charge in [0, 0.05) is 5.39 Å². The summed E-state index contributed by atoms with van der Waals surface area (Å²) in [6.07, 6.45) is 3.88. The second-order valence-corrected chi connectivity index (χ2v) is 4.75. The normalized spacial score (nSPS) is 19.3. The smallest absolute Gasteiger partial charge is 0.244 e. The molecule has 19 heavy (non-hydrogen) atoms. The van der Waals surface area contributed by atoms with Crippen molar-refractivity contribution in [2.45, 2.75) is 18.9 Å². The molecular formula is C14H13N3O2. The molecule has 0 spiro atoms. The zero-order valence-electron chi connectivity index (χ0n) is 10.3. The Kier molecular flexibility index (Phi) is 2.38. The number of benzene rings is 1. The Balaban J connectivity index is 1.76. The van der Waals surface area contributed by atoms with E-state index in [4.69, 9.17) is 8.94 Å². The second kappa shape index (κ2) is 4.20. The Bertz CT molecular complexity index is 710. The lowest BCUT2D eigenvalue weighted by Gasteiger charge is -2.01. The predicted molar refractivity (Wildman–Crippen MR) is 69.5 cm³/mol. The van der Waals surface area contributed by atoms with Gasteiger partial charge in [0.25, 0.3) is 0 Å². The van der Waals surface area contributed by atoms with Gasteiger partial charge in [-0.2, -0.15) is 4.98 Å². The highest BCUT2D eigenvalue weighted by Gasteiger charge is 2.23. The van der Waals surface area contributed by atoms with E-state index in [0.717, 1.165) is 35.9 Å². The summed E-state index contributed by atoms with van der Waals surface area (Å²) < 4.78 is 10.9. The number of hydrogen-bond donors (Lipinski definition) is 1. The SMILES string of the molecule is c1ccc2c(-c3noc(C4CCCN4)n3)coc2c1. The third-order valence-corrected chi connectivity index (χ3v) is 3.52. The molecule has 1 saturated heterocycles. The fourth-order valence-corrected chi connectivity index (χ4v) is 2.53. The van der Waals surface area contributed by atoms with Gasteiger partial charge in [0.15, 0.2) is 0 Å². The minimum Gasteiger partial charge on any atom is -0.464 e. The van der Waals surface area contributed by atoms with Gasteiger partial charge in [-0.25, -0.2) is 0 Å². The van der Waals surface area contributed by atoms with Crippen molar-refractivity contribution >= 4 is 11.0 Å². The summed E-state index contributed by atoms with van der Waals surface area (Å²) in [5.74, 6) is 1.26. The molecule has 3 aromatic rings. The zero-order valence-corrected chi connectivity index (χ0v) is 10.3. The molecule has 0 amide bonds. The summed E-state index contributed by atoms with van der Waals surface area (Å²) >= 11 is 0. The zero-order chi connectivity index (χ0) is 12.7. The number of fused-ring (bicyclic) bond motifs is 1. The van der Waals surface area contributed by atoms with Gasteiger partial charge < -0.3 is 14.3 Å². The van der Waals surface area contributed by atoms with E-state index in [9.17, 15) is 0 Å². The molecule has 1 atom stereocenters. The molecule has 1 fully saturated rings. The molecule has 0 saturated carbocycles. The Morgan fingerprint density at radius 3 is 3.11 bits per heavy atom. The van der Waals surface area contributed by atoms with E-state index in [1.54, 1.807) is 6.26 Å². The number of nitrogens with zero attached hydrogens (tertiary/aromatic N) is 2. The van der Waals surface area contributed by atoms with Gasteiger partial charge in [-0.1, -0.05) is 23.4 Å². The Morgan fingerprint density at radius 2 is 2.21 bits per heavy atom. The number of para-hydroxylation sites is 1. The summed E-state index contributed by atoms with van der Waals surface area (Å²) in [5, 5.41) is 8.42. The molecule has 1 aliphatic rings. The third-order valence-electron chi connectivity index (χ3n) is 3.52. The molecule has 2 aromatic heterocycles. The average molecular weight is 255 g/mol. The van der Waals surface area contributed by atoms with Crippen molar-refractivity contribution in [2.75, 3.05) is 6.54 Å². The van der Waals surface area contributed by atoms with E-state index < -0.39 is 0 Å².